The van der Waals surface area contributed by atoms with Gasteiger partial charge in [-0.1, -0.05) is 62.1 Å². The number of hydrogen-bond donors (Lipinski definition) is 3. The summed E-state index contributed by atoms with van der Waals surface area (Å²) in [6.07, 6.45) is 17.9. The molecule has 0 spiro atoms. The number of allylic oxidation sites excluding steroid dienone is 9. The van der Waals surface area contributed by atoms with Crippen LogP contribution in [0.2, 0.25) is 0 Å². The minimum absolute atomic E-state index is 0.0553. The number of nitrogens with one attached hydrogen (secondary N) is 2. The van der Waals surface area contributed by atoms with Crippen molar-refractivity contribution in [3.63, 3.8) is 0 Å². The molecule has 1 aliphatic carbocycles. The van der Waals surface area contributed by atoms with Crippen molar-refractivity contribution in [2.75, 3.05) is 6.61 Å². The van der Waals surface area contributed by atoms with E-state index in [0.29, 0.717) is 63.5 Å². The molecule has 0 aromatic carbocycles. The summed E-state index contributed by atoms with van der Waals surface area (Å²) in [4.78, 5) is 40.5. The number of esters is 1. The highest BCUT2D eigenvalue weighted by Gasteiger charge is 2.35. The molecule has 9 nitrogen and oxygen atoms in total. The number of aldehydes is 1. The summed E-state index contributed by atoms with van der Waals surface area (Å²) in [6, 6.07) is 0. The fourth-order valence-electron chi connectivity index (χ4n) is 9.49. The molecule has 4 rings (SSSR count). The molecule has 0 unspecified atom stereocenters. The molecule has 1 aliphatic heterocycles. The third-order valence-electron chi connectivity index (χ3n) is 13.3. The van der Waals surface area contributed by atoms with Crippen molar-refractivity contribution in [3.05, 3.63) is 102 Å². The molecule has 3 atom stereocenters. The second kappa shape index (κ2) is 22.7. The van der Waals surface area contributed by atoms with Crippen LogP contribution in [0.1, 0.15) is 172 Å². The second-order valence-electron chi connectivity index (χ2n) is 19.0. The van der Waals surface area contributed by atoms with Gasteiger partial charge in [0.05, 0.1) is 17.2 Å². The Morgan fingerprint density at radius 1 is 0.922 bits per heavy atom. The SMILES string of the molecule is CCc1c2c3n(C)/c1=C\C(=N)/C(CC(C)C)=C(C=O)\C(C)=C\c1c([C@H](C)O)c(C)c(n1C)/C=C(\C)[C@@H](C)[C@H](CCC(=O)OC/C=C(\C)CC/C=C(\C)CCC=C(C)C)C(=N)C=3CC2=O. The van der Waals surface area contributed by atoms with Gasteiger partial charge in [0.15, 0.2) is 12.1 Å². The molecular weight excluding hydrogens is 797 g/mol. The average Bonchev–Trinajstić information content (AvgIpc) is 3.78. The highest BCUT2D eigenvalue weighted by Crippen LogP contribution is 2.36. The molecule has 9 heteroatoms. The Kier molecular flexibility index (Phi) is 18.2. The number of carbonyl (C=O) groups excluding carboxylic acids is 3. The molecule has 0 amide bonds. The van der Waals surface area contributed by atoms with Crippen LogP contribution in [0.15, 0.2) is 57.2 Å². The van der Waals surface area contributed by atoms with Gasteiger partial charge in [0.25, 0.3) is 0 Å². The van der Waals surface area contributed by atoms with Crippen LogP contribution < -0.4 is 10.7 Å². The topological polar surface area (TPSA) is 138 Å². The van der Waals surface area contributed by atoms with Crippen molar-refractivity contribution in [2.45, 2.75) is 147 Å². The van der Waals surface area contributed by atoms with Crippen molar-refractivity contribution in [2.24, 2.45) is 31.8 Å². The first kappa shape index (κ1) is 51.5. The number of ketones is 1. The van der Waals surface area contributed by atoms with Crippen LogP contribution in [0.5, 0.6) is 0 Å². The maximum Gasteiger partial charge on any atom is 0.306 e. The first-order valence-corrected chi connectivity index (χ1v) is 23.3. The molecule has 0 saturated heterocycles. The Morgan fingerprint density at radius 3 is 2.16 bits per heavy atom. The zero-order chi connectivity index (χ0) is 47.7. The number of aromatic nitrogens is 2. The van der Waals surface area contributed by atoms with E-state index in [0.717, 1.165) is 65.6 Å². The molecule has 2 aromatic rings. The van der Waals surface area contributed by atoms with E-state index in [-0.39, 0.29) is 48.7 Å². The van der Waals surface area contributed by atoms with Crippen molar-refractivity contribution in [1.82, 2.24) is 9.13 Å². The van der Waals surface area contributed by atoms with Crippen LogP contribution >= 0.6 is 0 Å². The van der Waals surface area contributed by atoms with Gasteiger partial charge in [-0.15, -0.1) is 0 Å². The van der Waals surface area contributed by atoms with Crippen LogP contribution in [0.4, 0.5) is 0 Å². The summed E-state index contributed by atoms with van der Waals surface area (Å²) in [5, 5.41) is 32.0. The van der Waals surface area contributed by atoms with Gasteiger partial charge in [0.2, 0.25) is 0 Å². The number of rotatable bonds is 16. The quantitative estimate of drug-likeness (QED) is 0.0876. The fraction of sp³-hybridized carbons (Fsp3) is 0.509. The lowest BCUT2D eigenvalue weighted by atomic mass is 9.78. The van der Waals surface area contributed by atoms with Gasteiger partial charge in [-0.2, -0.15) is 0 Å². The number of Topliss-reactive ketones (excluding diaryl/α,β-unsaturated/α-hetero) is 1. The Balaban J connectivity index is 1.84. The average molecular weight is 873 g/mol. The molecule has 0 fully saturated rings. The number of aliphatic hydroxyl groups is 1. The Labute approximate surface area is 383 Å². The first-order valence-electron chi connectivity index (χ1n) is 23.3. The second-order valence-corrected chi connectivity index (χ2v) is 19.0. The summed E-state index contributed by atoms with van der Waals surface area (Å²) in [7, 11) is 3.85. The summed E-state index contributed by atoms with van der Waals surface area (Å²) < 4.78 is 9.74. The van der Waals surface area contributed by atoms with E-state index in [9.17, 15) is 30.3 Å². The minimum atomic E-state index is -0.803. The Hall–Kier alpha value is -5.15. The normalized spacial score (nSPS) is 21.5. The maximum absolute atomic E-state index is 14.1. The van der Waals surface area contributed by atoms with Crippen molar-refractivity contribution in [1.29, 1.82) is 10.8 Å². The summed E-state index contributed by atoms with van der Waals surface area (Å²) in [5.41, 5.74) is 12.4. The van der Waals surface area contributed by atoms with Gasteiger partial charge in [-0.25, -0.2) is 0 Å². The lowest BCUT2D eigenvalue weighted by Crippen LogP contribution is -2.31. The van der Waals surface area contributed by atoms with E-state index >= 15 is 0 Å². The van der Waals surface area contributed by atoms with E-state index in [2.05, 4.69) is 66.7 Å². The molecule has 2 aliphatic rings. The number of carbonyl (C=O) groups is 3. The number of fused-ring (bicyclic) bond motifs is 3. The van der Waals surface area contributed by atoms with E-state index in [1.807, 2.05) is 63.1 Å². The van der Waals surface area contributed by atoms with Crippen LogP contribution in [-0.2, 0) is 34.8 Å². The van der Waals surface area contributed by atoms with Gasteiger partial charge in [-0.05, 0) is 159 Å². The van der Waals surface area contributed by atoms with Crippen molar-refractivity contribution >= 4 is 53.3 Å². The van der Waals surface area contributed by atoms with Crippen LogP contribution in [0, 0.1) is 35.5 Å². The predicted octanol–water partition coefficient (Wildman–Crippen LogP) is 10.9. The van der Waals surface area contributed by atoms with Crippen molar-refractivity contribution < 1.29 is 24.2 Å². The molecule has 0 radical (unpaired) electrons. The van der Waals surface area contributed by atoms with Gasteiger partial charge >= 0.3 is 5.97 Å². The lowest BCUT2D eigenvalue weighted by molar-refractivity contribution is -0.142. The van der Waals surface area contributed by atoms with Gasteiger partial charge in [0, 0.05) is 77.6 Å². The molecule has 2 aromatic heterocycles. The zero-order valence-corrected chi connectivity index (χ0v) is 41.4. The number of ether oxygens (including phenoxy) is 1. The van der Waals surface area contributed by atoms with Crippen molar-refractivity contribution in [3.8, 4) is 0 Å². The molecule has 64 heavy (non-hydrogen) atoms. The summed E-state index contributed by atoms with van der Waals surface area (Å²) in [5.74, 6) is -0.894. The zero-order valence-electron chi connectivity index (χ0n) is 41.4. The third kappa shape index (κ3) is 11.9. The van der Waals surface area contributed by atoms with E-state index in [1.165, 1.54) is 16.7 Å². The third-order valence-corrected chi connectivity index (χ3v) is 13.3. The first-order chi connectivity index (χ1) is 30.1. The summed E-state index contributed by atoms with van der Waals surface area (Å²) in [6.45, 7) is 24.5. The molecule has 3 heterocycles. The number of aliphatic hydroxyl groups excluding tert-OH is 1. The van der Waals surface area contributed by atoms with E-state index in [1.54, 1.807) is 13.0 Å². The molecule has 346 valence electrons. The maximum atomic E-state index is 14.1. The number of hydrogen-bond acceptors (Lipinski definition) is 7. The van der Waals surface area contributed by atoms with Gasteiger partial charge in [-0.3, -0.25) is 14.4 Å². The molecule has 0 saturated carbocycles. The highest BCUT2D eigenvalue weighted by molar-refractivity contribution is 6.27. The molecule has 3 N–H and O–H groups in total. The van der Waals surface area contributed by atoms with Crippen LogP contribution in [0.3, 0.4) is 0 Å². The largest absolute Gasteiger partial charge is 0.461 e. The standard InChI is InChI=1S/C55H76N4O5/c1-15-41-48-30-46(56)43(26-33(4)5)45(31-60)37(9)28-49-52(40(12)61)39(11)47(58(49)13)27-36(8)38(10)42(54(57)44-29-50(62)53(41)55(44)59(48)14)22-23-51(63)64-25-24-35(7)21-17-20-34(6)19-16-18-32(2)3/h18,20,24,27-28,30-31,33,38,40,42,56-57,61H,15-17,19,21-23,25-26,29H2,1-14H3/b34-20+,35-24+,36-27+,37-28+,45-43-,48-30-,56-46?,57-54?/t38-,40+,42+/m1/s1. The van der Waals surface area contributed by atoms with Crippen LogP contribution in [-0.4, -0.2) is 50.3 Å². The highest BCUT2D eigenvalue weighted by atomic mass is 16.5. The van der Waals surface area contributed by atoms with Gasteiger partial charge < -0.3 is 29.8 Å². The van der Waals surface area contributed by atoms with E-state index < -0.39 is 12.0 Å². The minimum Gasteiger partial charge on any atom is -0.461 e. The Bertz CT molecular complexity index is 2480. The molecular formula is C55H76N4O5. The Morgan fingerprint density at radius 2 is 1.56 bits per heavy atom. The summed E-state index contributed by atoms with van der Waals surface area (Å²) >= 11 is 0. The number of nitrogens with zero attached hydrogens (tertiary/aromatic N) is 2. The lowest BCUT2D eigenvalue weighted by Gasteiger charge is -2.26. The fourth-order valence-corrected chi connectivity index (χ4v) is 9.49. The molecule has 4 bridgehead atoms. The monoisotopic (exact) mass is 873 g/mol. The smallest absolute Gasteiger partial charge is 0.306 e. The van der Waals surface area contributed by atoms with Gasteiger partial charge in [0.1, 0.15) is 6.61 Å². The van der Waals surface area contributed by atoms with Crippen LogP contribution in [0.25, 0.3) is 23.8 Å². The van der Waals surface area contributed by atoms with E-state index in [4.69, 9.17) is 4.74 Å². The predicted molar refractivity (Wildman–Crippen MR) is 265 cm³/mol.